The van der Waals surface area contributed by atoms with Crippen LogP contribution in [0.1, 0.15) is 38.5 Å². The smallest absolute Gasteiger partial charge is 0.226 e. The van der Waals surface area contributed by atoms with Crippen molar-refractivity contribution in [2.45, 2.75) is 51.1 Å². The quantitative estimate of drug-likeness (QED) is 0.741. The van der Waals surface area contributed by atoms with Gasteiger partial charge in [0.25, 0.3) is 0 Å². The van der Waals surface area contributed by atoms with Crippen molar-refractivity contribution >= 4 is 11.8 Å². The van der Waals surface area contributed by atoms with Crippen LogP contribution in [0.3, 0.4) is 0 Å². The Kier molecular flexibility index (Phi) is 5.99. The highest BCUT2D eigenvalue weighted by Gasteiger charge is 2.37. The number of nitrogens with zero attached hydrogens (tertiary/aromatic N) is 5. The maximum Gasteiger partial charge on any atom is 0.226 e. The molecule has 7 heteroatoms. The van der Waals surface area contributed by atoms with E-state index in [0.29, 0.717) is 24.4 Å². The molecule has 154 valence electrons. The van der Waals surface area contributed by atoms with Crippen LogP contribution in [-0.2, 0) is 16.1 Å². The van der Waals surface area contributed by atoms with Gasteiger partial charge in [0, 0.05) is 57.6 Å². The average Bonchev–Trinajstić information content (AvgIpc) is 3.46. The summed E-state index contributed by atoms with van der Waals surface area (Å²) in [6.45, 7) is 5.16. The number of aromatic nitrogens is 2. The number of carbonyl (C=O) groups is 2. The molecule has 1 atom stereocenters. The van der Waals surface area contributed by atoms with E-state index in [0.717, 1.165) is 71.2 Å². The highest BCUT2D eigenvalue weighted by Crippen LogP contribution is 2.32. The summed E-state index contributed by atoms with van der Waals surface area (Å²) in [6, 6.07) is 2.43. The lowest BCUT2D eigenvalue weighted by Crippen LogP contribution is -2.52. The minimum Gasteiger partial charge on any atom is -0.344 e. The Balaban J connectivity index is 1.24. The van der Waals surface area contributed by atoms with Crippen molar-refractivity contribution in [1.82, 2.24) is 24.5 Å². The Morgan fingerprint density at radius 3 is 2.54 bits per heavy atom. The van der Waals surface area contributed by atoms with Gasteiger partial charge in [0.2, 0.25) is 11.8 Å². The van der Waals surface area contributed by atoms with E-state index >= 15 is 0 Å². The zero-order chi connectivity index (χ0) is 19.5. The third-order valence-corrected chi connectivity index (χ3v) is 6.62. The van der Waals surface area contributed by atoms with Crippen LogP contribution in [0.2, 0.25) is 0 Å². The van der Waals surface area contributed by atoms with E-state index < -0.39 is 0 Å². The molecule has 1 saturated carbocycles. The molecule has 7 nitrogen and oxygen atoms in total. The van der Waals surface area contributed by atoms with Crippen LogP contribution in [-0.4, -0.2) is 82.1 Å². The van der Waals surface area contributed by atoms with E-state index in [1.165, 1.54) is 0 Å². The predicted molar refractivity (Wildman–Crippen MR) is 106 cm³/mol. The topological polar surface area (TPSA) is 61.7 Å². The Labute approximate surface area is 167 Å². The molecule has 1 aromatic rings. The summed E-state index contributed by atoms with van der Waals surface area (Å²) < 4.78 is 1.87. The van der Waals surface area contributed by atoms with E-state index in [9.17, 15) is 9.59 Å². The predicted octanol–water partition coefficient (Wildman–Crippen LogP) is 1.45. The number of rotatable bonds is 6. The molecule has 3 aliphatic rings. The van der Waals surface area contributed by atoms with Crippen molar-refractivity contribution in [3.8, 4) is 0 Å². The maximum atomic E-state index is 12.9. The highest BCUT2D eigenvalue weighted by atomic mass is 16.2. The van der Waals surface area contributed by atoms with Gasteiger partial charge in [0.15, 0.2) is 0 Å². The average molecular weight is 388 g/mol. The minimum atomic E-state index is 0.0995. The normalized spacial score (nSPS) is 24.3. The van der Waals surface area contributed by atoms with Crippen molar-refractivity contribution in [1.29, 1.82) is 0 Å². The second kappa shape index (κ2) is 8.64. The van der Waals surface area contributed by atoms with Gasteiger partial charge in [-0.15, -0.1) is 0 Å². The number of amides is 2. The second-order valence-electron chi connectivity index (χ2n) is 8.69. The van der Waals surface area contributed by atoms with Crippen LogP contribution < -0.4 is 0 Å². The first kappa shape index (κ1) is 19.4. The number of piperidine rings is 2. The van der Waals surface area contributed by atoms with Crippen molar-refractivity contribution in [2.24, 2.45) is 11.8 Å². The maximum absolute atomic E-state index is 12.9. The van der Waals surface area contributed by atoms with E-state index in [-0.39, 0.29) is 11.8 Å². The first-order chi connectivity index (χ1) is 13.6. The number of likely N-dealkylation sites (N-methyl/N-ethyl adjacent to an activating group) is 1. The van der Waals surface area contributed by atoms with Crippen molar-refractivity contribution in [2.75, 3.05) is 39.8 Å². The highest BCUT2D eigenvalue weighted by molar-refractivity contribution is 5.81. The number of hydrogen-bond acceptors (Lipinski definition) is 4. The number of likely N-dealkylation sites (tertiary alicyclic amines) is 2. The Morgan fingerprint density at radius 1 is 1.07 bits per heavy atom. The van der Waals surface area contributed by atoms with E-state index in [1.807, 2.05) is 28.9 Å². The monoisotopic (exact) mass is 387 g/mol. The zero-order valence-corrected chi connectivity index (χ0v) is 17.0. The SMILES string of the molecule is CN(CCn1cccn1)C(=O)[C@H]1CCCN(C2CCN(C(=O)C3CC3)CC2)C1. The summed E-state index contributed by atoms with van der Waals surface area (Å²) in [7, 11) is 1.91. The molecule has 4 rings (SSSR count). The van der Waals surface area contributed by atoms with Gasteiger partial charge in [0.1, 0.15) is 0 Å². The Hall–Kier alpha value is -1.89. The van der Waals surface area contributed by atoms with Crippen LogP contribution in [0.5, 0.6) is 0 Å². The number of hydrogen-bond donors (Lipinski definition) is 0. The molecule has 1 aromatic heterocycles. The van der Waals surface area contributed by atoms with Gasteiger partial charge >= 0.3 is 0 Å². The lowest BCUT2D eigenvalue weighted by Gasteiger charge is -2.42. The van der Waals surface area contributed by atoms with E-state index in [2.05, 4.69) is 14.9 Å². The fraction of sp³-hybridized carbons (Fsp3) is 0.762. The third-order valence-electron chi connectivity index (χ3n) is 6.62. The van der Waals surface area contributed by atoms with E-state index in [1.54, 1.807) is 6.20 Å². The van der Waals surface area contributed by atoms with Gasteiger partial charge in [-0.25, -0.2) is 0 Å². The zero-order valence-electron chi connectivity index (χ0n) is 17.0. The molecule has 2 saturated heterocycles. The third kappa shape index (κ3) is 4.57. The molecule has 0 N–H and O–H groups in total. The molecule has 2 aliphatic heterocycles. The van der Waals surface area contributed by atoms with Gasteiger partial charge in [-0.2, -0.15) is 5.10 Å². The molecule has 0 radical (unpaired) electrons. The summed E-state index contributed by atoms with van der Waals surface area (Å²) in [5, 5.41) is 4.21. The molecule has 1 aliphatic carbocycles. The Bertz CT molecular complexity index is 664. The molecule has 28 heavy (non-hydrogen) atoms. The molecular formula is C21H33N5O2. The van der Waals surface area contributed by atoms with Crippen LogP contribution in [0.15, 0.2) is 18.5 Å². The fourth-order valence-electron chi connectivity index (χ4n) is 4.69. The van der Waals surface area contributed by atoms with Crippen LogP contribution >= 0.6 is 0 Å². The van der Waals surface area contributed by atoms with Crippen molar-refractivity contribution < 1.29 is 9.59 Å². The van der Waals surface area contributed by atoms with Gasteiger partial charge in [-0.1, -0.05) is 0 Å². The van der Waals surface area contributed by atoms with Gasteiger partial charge in [-0.3, -0.25) is 19.2 Å². The lowest BCUT2D eigenvalue weighted by atomic mass is 9.93. The van der Waals surface area contributed by atoms with Gasteiger partial charge in [0.05, 0.1) is 12.5 Å². The Morgan fingerprint density at radius 2 is 1.86 bits per heavy atom. The fourth-order valence-corrected chi connectivity index (χ4v) is 4.69. The van der Waals surface area contributed by atoms with Crippen LogP contribution in [0.25, 0.3) is 0 Å². The largest absolute Gasteiger partial charge is 0.344 e. The van der Waals surface area contributed by atoms with Gasteiger partial charge < -0.3 is 9.80 Å². The molecule has 2 amide bonds. The van der Waals surface area contributed by atoms with E-state index in [4.69, 9.17) is 0 Å². The van der Waals surface area contributed by atoms with Crippen LogP contribution in [0.4, 0.5) is 0 Å². The molecular weight excluding hydrogens is 354 g/mol. The summed E-state index contributed by atoms with van der Waals surface area (Å²) in [5.74, 6) is 1.07. The van der Waals surface area contributed by atoms with Gasteiger partial charge in [-0.05, 0) is 51.1 Å². The molecule has 0 bridgehead atoms. The number of carbonyl (C=O) groups excluding carboxylic acids is 2. The lowest BCUT2D eigenvalue weighted by molar-refractivity contribution is -0.136. The van der Waals surface area contributed by atoms with Crippen molar-refractivity contribution in [3.05, 3.63) is 18.5 Å². The molecule has 0 aromatic carbocycles. The molecule has 0 spiro atoms. The van der Waals surface area contributed by atoms with Crippen molar-refractivity contribution in [3.63, 3.8) is 0 Å². The second-order valence-corrected chi connectivity index (χ2v) is 8.69. The first-order valence-corrected chi connectivity index (χ1v) is 10.9. The summed E-state index contributed by atoms with van der Waals surface area (Å²) in [5.41, 5.74) is 0. The summed E-state index contributed by atoms with van der Waals surface area (Å²) >= 11 is 0. The molecule has 0 unspecified atom stereocenters. The summed E-state index contributed by atoms with van der Waals surface area (Å²) in [4.78, 5) is 31.6. The summed E-state index contributed by atoms with van der Waals surface area (Å²) in [6.07, 6.45) is 10.0. The minimum absolute atomic E-state index is 0.0995. The first-order valence-electron chi connectivity index (χ1n) is 10.9. The molecule has 3 heterocycles. The van der Waals surface area contributed by atoms with Crippen LogP contribution in [0, 0.1) is 11.8 Å². The standard InChI is InChI=1S/C21H33N5O2/c1-23(14-15-26-11-3-9-22-26)20(27)18-4-2-10-25(16-18)19-7-12-24(13-8-19)21(28)17-5-6-17/h3,9,11,17-19H,2,4-8,10,12-16H2,1H3/t18-/m0/s1. The molecule has 3 fully saturated rings.